The zero-order chi connectivity index (χ0) is 25.6. The summed E-state index contributed by atoms with van der Waals surface area (Å²) in [6.07, 6.45) is 0. The number of hydrogen-bond donors (Lipinski definition) is 0. The van der Waals surface area contributed by atoms with Crippen molar-refractivity contribution in [2.75, 3.05) is 0 Å². The van der Waals surface area contributed by atoms with E-state index in [2.05, 4.69) is 125 Å². The normalized spacial score (nSPS) is 7.18. The molecule has 0 aromatic heterocycles. The molecule has 1 unspecified atom stereocenters. The smallest absolute Gasteiger partial charge is 0.0941 e. The second-order valence-corrected chi connectivity index (χ2v) is 7.36. The summed E-state index contributed by atoms with van der Waals surface area (Å²) >= 11 is 0. The summed E-state index contributed by atoms with van der Waals surface area (Å²) in [6, 6.07) is 30.3. The van der Waals surface area contributed by atoms with Gasteiger partial charge < -0.3 is 8.58 Å². The fourth-order valence-electron chi connectivity index (χ4n) is 2.08. The third-order valence-corrected chi connectivity index (χ3v) is 6.04. The summed E-state index contributed by atoms with van der Waals surface area (Å²) in [5.74, 6) is 0. The van der Waals surface area contributed by atoms with E-state index in [4.69, 9.17) is 27.9 Å². The molecule has 34 heavy (non-hydrogen) atoms. The van der Waals surface area contributed by atoms with Gasteiger partial charge in [-0.15, -0.1) is 0 Å². The molecule has 0 bridgehead atoms. The molecule has 0 aliphatic heterocycles. The first kappa shape index (κ1) is 45.5. The van der Waals surface area contributed by atoms with E-state index in [0.717, 1.165) is 0 Å². The molecule has 1 atom stereocenters. The maximum atomic E-state index is 7.50. The summed E-state index contributed by atoms with van der Waals surface area (Å²) in [5.41, 5.74) is 0. The standard InChI is InChI=1S/C18H15P2.6CO.2Fe/c1-3-9-15(10-4-1)19-17-13-7-8-14-18(17)20-16-11-5-2-6-12-16;6*1-2;;/h1-14,19H;;;;;;;;/q-1;;;;;;;;/p+1. The topological polar surface area (TPSA) is 119 Å². The van der Waals surface area contributed by atoms with Crippen molar-refractivity contribution in [2.24, 2.45) is 0 Å². The van der Waals surface area contributed by atoms with Gasteiger partial charge in [-0.2, -0.15) is 10.6 Å². The van der Waals surface area contributed by atoms with Crippen molar-refractivity contribution < 1.29 is 62.1 Å². The van der Waals surface area contributed by atoms with Crippen molar-refractivity contribution in [3.05, 3.63) is 125 Å². The molecule has 0 aliphatic carbocycles. The van der Waals surface area contributed by atoms with Crippen LogP contribution < -0.4 is 21.2 Å². The van der Waals surface area contributed by atoms with E-state index in [1.807, 2.05) is 0 Å². The molecule has 3 aromatic carbocycles. The molecule has 0 amide bonds. The maximum Gasteiger partial charge on any atom is 0.0941 e. The Balaban J connectivity index is -0.000000123. The number of rotatable bonds is 4. The molecule has 3 aromatic rings. The monoisotopic (exact) mass is 574 g/mol. The first-order chi connectivity index (χ1) is 15.9. The first-order valence-electron chi connectivity index (χ1n) is 7.90. The van der Waals surface area contributed by atoms with Gasteiger partial charge >= 0.3 is 67.8 Å². The Bertz CT molecular complexity index is 834. The molecular formula is C24H16Fe2O6P2. The minimum Gasteiger partial charge on any atom is -0.468 e. The molecule has 0 radical (unpaired) electrons. The maximum absolute atomic E-state index is 7.50. The van der Waals surface area contributed by atoms with Gasteiger partial charge in [-0.05, 0) is 18.2 Å². The molecule has 0 aliphatic rings. The third-order valence-electron chi connectivity index (χ3n) is 3.06. The van der Waals surface area contributed by atoms with E-state index >= 15 is 0 Å². The van der Waals surface area contributed by atoms with Gasteiger partial charge in [0.1, 0.15) is 0 Å². The van der Waals surface area contributed by atoms with Gasteiger partial charge in [0.25, 0.3) is 0 Å². The summed E-state index contributed by atoms with van der Waals surface area (Å²) in [6.45, 7) is 27.0. The van der Waals surface area contributed by atoms with Crippen LogP contribution in [0.5, 0.6) is 0 Å². The van der Waals surface area contributed by atoms with Crippen molar-refractivity contribution in [1.29, 1.82) is 0 Å². The van der Waals surface area contributed by atoms with Crippen LogP contribution in [0, 0.1) is 39.9 Å². The summed E-state index contributed by atoms with van der Waals surface area (Å²) < 4.78 is 45.0. The van der Waals surface area contributed by atoms with Gasteiger partial charge in [-0.25, -0.2) is 0 Å². The van der Waals surface area contributed by atoms with Crippen molar-refractivity contribution in [3.8, 4) is 0 Å². The average molecular weight is 574 g/mol. The molecule has 0 saturated heterocycles. The Hall–Kier alpha value is -2.00. The van der Waals surface area contributed by atoms with Crippen LogP contribution in [0.4, 0.5) is 0 Å². The average Bonchev–Trinajstić information content (AvgIpc) is 2.93. The molecule has 0 N–H and O–H groups in total. The van der Waals surface area contributed by atoms with Gasteiger partial charge in [0.05, 0.1) is 19.2 Å². The van der Waals surface area contributed by atoms with Gasteiger partial charge in [-0.3, -0.25) is 0 Å². The molecular weight excluding hydrogens is 558 g/mol. The van der Waals surface area contributed by atoms with Crippen molar-refractivity contribution in [2.45, 2.75) is 0 Å². The van der Waals surface area contributed by atoms with Gasteiger partial charge in [0.2, 0.25) is 0 Å². The van der Waals surface area contributed by atoms with Gasteiger partial charge in [-0.1, -0.05) is 66.7 Å². The minimum atomic E-state index is 0. The Labute approximate surface area is 224 Å². The second kappa shape index (κ2) is 41.3. The number of hydrogen-bond acceptors (Lipinski definition) is 0. The van der Waals surface area contributed by atoms with E-state index in [-0.39, 0.29) is 42.7 Å². The van der Waals surface area contributed by atoms with Crippen LogP contribution >= 0.6 is 17.2 Å². The fourth-order valence-corrected chi connectivity index (χ4v) is 4.66. The zero-order valence-corrected chi connectivity index (χ0v) is 21.5. The van der Waals surface area contributed by atoms with Crippen LogP contribution in [-0.4, -0.2) is 0 Å². The van der Waals surface area contributed by atoms with E-state index in [0.29, 0.717) is 0 Å². The minimum absolute atomic E-state index is 0. The Morgan fingerprint density at radius 1 is 0.471 bits per heavy atom. The SMILES string of the molecule is [C-]#[O+].[C-]#[O+].[C-]#[O+].[C-]#[O+].[C-]#[O+].[C-]#[O+].[Fe].[Fe].c1ccc([P-]c2ccccc2[PH2+]c2ccccc2)cc1. The predicted molar refractivity (Wildman–Crippen MR) is 118 cm³/mol. The predicted octanol–water partition coefficient (Wildman–Crippen LogP) is 2.72. The number of benzene rings is 3. The first-order valence-corrected chi connectivity index (χ1v) is 9.95. The summed E-state index contributed by atoms with van der Waals surface area (Å²) in [4.78, 5) is 0. The van der Waals surface area contributed by atoms with Crippen LogP contribution in [0.1, 0.15) is 0 Å². The van der Waals surface area contributed by atoms with E-state index in [9.17, 15) is 0 Å². The fraction of sp³-hybridized carbons (Fsp3) is 0. The molecule has 0 spiro atoms. The van der Waals surface area contributed by atoms with Crippen LogP contribution in [0.25, 0.3) is 0 Å². The quantitative estimate of drug-likeness (QED) is 0.197. The zero-order valence-electron chi connectivity index (χ0n) is 17.3. The molecule has 0 saturated carbocycles. The van der Waals surface area contributed by atoms with Crippen LogP contribution in [0.2, 0.25) is 0 Å². The largest absolute Gasteiger partial charge is 0.468 e. The summed E-state index contributed by atoms with van der Waals surface area (Å²) in [5, 5.41) is 5.72. The molecule has 0 fully saturated rings. The van der Waals surface area contributed by atoms with E-state index in [1.165, 1.54) is 29.8 Å². The Kier molecular flexibility index (Phi) is 55.2. The van der Waals surface area contributed by atoms with Crippen LogP contribution in [-0.2, 0) is 62.1 Å². The van der Waals surface area contributed by atoms with Crippen molar-refractivity contribution in [1.82, 2.24) is 0 Å². The van der Waals surface area contributed by atoms with Gasteiger partial charge in [0.15, 0.2) is 0 Å². The molecule has 10 heteroatoms. The third kappa shape index (κ3) is 23.2. The molecule has 0 heterocycles. The van der Waals surface area contributed by atoms with Gasteiger partial charge in [0, 0.05) is 34.1 Å². The van der Waals surface area contributed by atoms with Crippen molar-refractivity contribution >= 4 is 38.4 Å². The Morgan fingerprint density at radius 3 is 1.26 bits per heavy atom. The van der Waals surface area contributed by atoms with E-state index < -0.39 is 0 Å². The van der Waals surface area contributed by atoms with E-state index in [1.54, 1.807) is 0 Å². The van der Waals surface area contributed by atoms with Crippen molar-refractivity contribution in [3.63, 3.8) is 0 Å². The Morgan fingerprint density at radius 2 is 0.824 bits per heavy atom. The van der Waals surface area contributed by atoms with Crippen LogP contribution in [0.15, 0.2) is 84.9 Å². The summed E-state index contributed by atoms with van der Waals surface area (Å²) in [7, 11) is 1.47. The molecule has 6 nitrogen and oxygen atoms in total. The molecule has 3 rings (SSSR count). The van der Waals surface area contributed by atoms with Crippen LogP contribution in [0.3, 0.4) is 0 Å². The molecule has 174 valence electrons. The second-order valence-electron chi connectivity index (χ2n) is 4.56.